The van der Waals surface area contributed by atoms with E-state index in [4.69, 9.17) is 0 Å². The standard InChI is InChI=1S/C10H19FO/c1-2-3-4-5-6-7-8-9-10-12-11/h8-9H,2-7,10H2,1H3. The fourth-order valence-electron chi connectivity index (χ4n) is 1.09. The van der Waals surface area contributed by atoms with E-state index in [0.717, 1.165) is 6.42 Å². The maximum Gasteiger partial charge on any atom is 0.106 e. The summed E-state index contributed by atoms with van der Waals surface area (Å²) in [4.78, 5) is 3.40. The second kappa shape index (κ2) is 10.6. The van der Waals surface area contributed by atoms with Crippen molar-refractivity contribution in [3.05, 3.63) is 12.2 Å². The second-order valence-corrected chi connectivity index (χ2v) is 2.95. The molecule has 0 heterocycles. The van der Waals surface area contributed by atoms with Gasteiger partial charge < -0.3 is 0 Å². The number of rotatable bonds is 8. The lowest BCUT2D eigenvalue weighted by atomic mass is 10.1. The molecule has 0 atom stereocenters. The van der Waals surface area contributed by atoms with Crippen LogP contribution in [0.15, 0.2) is 12.2 Å². The van der Waals surface area contributed by atoms with Gasteiger partial charge in [0.2, 0.25) is 0 Å². The summed E-state index contributed by atoms with van der Waals surface area (Å²) in [5, 5.41) is 0. The highest BCUT2D eigenvalue weighted by Gasteiger charge is 1.85. The first-order valence-electron chi connectivity index (χ1n) is 4.80. The van der Waals surface area contributed by atoms with Gasteiger partial charge >= 0.3 is 0 Å². The Morgan fingerprint density at radius 2 is 1.83 bits per heavy atom. The molecule has 0 aromatic heterocycles. The van der Waals surface area contributed by atoms with E-state index in [1.54, 1.807) is 6.08 Å². The van der Waals surface area contributed by atoms with E-state index in [0.29, 0.717) is 0 Å². The molecule has 0 saturated carbocycles. The molecule has 0 aliphatic rings. The Labute approximate surface area is 74.5 Å². The second-order valence-electron chi connectivity index (χ2n) is 2.95. The quantitative estimate of drug-likeness (QED) is 0.401. The Bertz CT molecular complexity index is 102. The third kappa shape index (κ3) is 9.63. The highest BCUT2D eigenvalue weighted by Crippen LogP contribution is 2.05. The van der Waals surface area contributed by atoms with E-state index in [-0.39, 0.29) is 6.61 Å². The average molecular weight is 174 g/mol. The third-order valence-electron chi connectivity index (χ3n) is 1.80. The van der Waals surface area contributed by atoms with Gasteiger partial charge in [-0.1, -0.05) is 44.8 Å². The van der Waals surface area contributed by atoms with Crippen molar-refractivity contribution in [3.8, 4) is 0 Å². The van der Waals surface area contributed by atoms with E-state index < -0.39 is 0 Å². The Morgan fingerprint density at radius 1 is 1.08 bits per heavy atom. The van der Waals surface area contributed by atoms with Crippen molar-refractivity contribution in [2.24, 2.45) is 0 Å². The first kappa shape index (κ1) is 11.6. The Hall–Kier alpha value is -0.370. The van der Waals surface area contributed by atoms with Gasteiger partial charge in [-0.15, -0.1) is 0 Å². The number of hydrogen-bond donors (Lipinski definition) is 0. The van der Waals surface area contributed by atoms with Gasteiger partial charge in [0.25, 0.3) is 0 Å². The largest absolute Gasteiger partial charge is 0.190 e. The van der Waals surface area contributed by atoms with E-state index in [1.807, 2.05) is 6.08 Å². The normalized spacial score (nSPS) is 11.2. The van der Waals surface area contributed by atoms with Gasteiger partial charge in [0.1, 0.15) is 6.61 Å². The molecule has 72 valence electrons. The Balaban J connectivity index is 2.90. The molecule has 0 fully saturated rings. The molecule has 0 spiro atoms. The first-order chi connectivity index (χ1) is 5.91. The molecule has 0 unspecified atom stereocenters. The van der Waals surface area contributed by atoms with Crippen molar-refractivity contribution in [1.29, 1.82) is 0 Å². The summed E-state index contributed by atoms with van der Waals surface area (Å²) in [6, 6.07) is 0. The van der Waals surface area contributed by atoms with E-state index in [2.05, 4.69) is 11.9 Å². The van der Waals surface area contributed by atoms with E-state index >= 15 is 0 Å². The third-order valence-corrected chi connectivity index (χ3v) is 1.80. The van der Waals surface area contributed by atoms with Crippen LogP contribution < -0.4 is 0 Å². The van der Waals surface area contributed by atoms with Crippen LogP contribution in [0.2, 0.25) is 0 Å². The minimum atomic E-state index is 0.0922. The lowest BCUT2D eigenvalue weighted by Gasteiger charge is -1.95. The van der Waals surface area contributed by atoms with Gasteiger partial charge in [0.05, 0.1) is 0 Å². The monoisotopic (exact) mass is 174 g/mol. The molecule has 0 aromatic rings. The summed E-state index contributed by atoms with van der Waals surface area (Å²) in [5.41, 5.74) is 0. The van der Waals surface area contributed by atoms with Gasteiger partial charge in [-0.3, -0.25) is 0 Å². The van der Waals surface area contributed by atoms with Crippen LogP contribution >= 0.6 is 0 Å². The minimum absolute atomic E-state index is 0.0922. The molecule has 1 nitrogen and oxygen atoms in total. The molecule has 0 saturated heterocycles. The van der Waals surface area contributed by atoms with Gasteiger partial charge in [0.15, 0.2) is 0 Å². The van der Waals surface area contributed by atoms with Crippen LogP contribution in [-0.4, -0.2) is 6.61 Å². The molecule has 0 aliphatic carbocycles. The lowest BCUT2D eigenvalue weighted by molar-refractivity contribution is -0.118. The summed E-state index contributed by atoms with van der Waals surface area (Å²) in [6.45, 7) is 2.30. The summed E-state index contributed by atoms with van der Waals surface area (Å²) >= 11 is 0. The molecule has 0 N–H and O–H groups in total. The number of halogens is 1. The molecule has 0 radical (unpaired) electrons. The molecule has 12 heavy (non-hydrogen) atoms. The molecule has 0 rings (SSSR count). The van der Waals surface area contributed by atoms with Crippen molar-refractivity contribution in [2.75, 3.05) is 6.61 Å². The highest BCUT2D eigenvalue weighted by molar-refractivity contribution is 4.80. The fraction of sp³-hybridized carbons (Fsp3) is 0.800. The molecule has 0 amide bonds. The first-order valence-corrected chi connectivity index (χ1v) is 4.80. The average Bonchev–Trinajstić information content (AvgIpc) is 2.10. The predicted molar refractivity (Wildman–Crippen MR) is 49.6 cm³/mol. The molecule has 0 aromatic carbocycles. The zero-order valence-electron chi connectivity index (χ0n) is 7.89. The van der Waals surface area contributed by atoms with E-state index in [9.17, 15) is 4.53 Å². The zero-order chi connectivity index (χ0) is 9.07. The van der Waals surface area contributed by atoms with Crippen LogP contribution in [-0.2, 0) is 4.94 Å². The summed E-state index contributed by atoms with van der Waals surface area (Å²) < 4.78 is 11.1. The minimum Gasteiger partial charge on any atom is -0.190 e. The lowest BCUT2D eigenvalue weighted by Crippen LogP contribution is -1.78. The topological polar surface area (TPSA) is 9.23 Å². The maximum atomic E-state index is 11.1. The van der Waals surface area contributed by atoms with Gasteiger partial charge in [-0.05, 0) is 17.4 Å². The van der Waals surface area contributed by atoms with Gasteiger partial charge in [-0.25, -0.2) is 0 Å². The molecular weight excluding hydrogens is 155 g/mol. The van der Waals surface area contributed by atoms with Crippen LogP contribution in [0.3, 0.4) is 0 Å². The van der Waals surface area contributed by atoms with E-state index in [1.165, 1.54) is 32.1 Å². The Morgan fingerprint density at radius 3 is 2.50 bits per heavy atom. The van der Waals surface area contributed by atoms with Crippen molar-refractivity contribution in [3.63, 3.8) is 0 Å². The van der Waals surface area contributed by atoms with Crippen LogP contribution in [0.25, 0.3) is 0 Å². The predicted octanol–water partition coefficient (Wildman–Crippen LogP) is 3.80. The van der Waals surface area contributed by atoms with Crippen LogP contribution in [0.1, 0.15) is 45.4 Å². The molecule has 0 aliphatic heterocycles. The smallest absolute Gasteiger partial charge is 0.106 e. The summed E-state index contributed by atoms with van der Waals surface area (Å²) in [5.74, 6) is 0. The summed E-state index contributed by atoms with van der Waals surface area (Å²) in [7, 11) is 0. The van der Waals surface area contributed by atoms with Gasteiger partial charge in [-0.2, -0.15) is 4.94 Å². The number of unbranched alkanes of at least 4 members (excludes halogenated alkanes) is 5. The SMILES string of the molecule is CCCCCCCC=CCOF. The summed E-state index contributed by atoms with van der Waals surface area (Å²) in [6.07, 6.45) is 11.2. The highest BCUT2D eigenvalue weighted by atomic mass is 19.3. The fourth-order valence-corrected chi connectivity index (χ4v) is 1.09. The molecule has 2 heteroatoms. The Kier molecular flexibility index (Phi) is 10.3. The molecular formula is C10H19FO. The van der Waals surface area contributed by atoms with Crippen molar-refractivity contribution >= 4 is 0 Å². The van der Waals surface area contributed by atoms with Crippen molar-refractivity contribution in [2.45, 2.75) is 45.4 Å². The van der Waals surface area contributed by atoms with Crippen LogP contribution in [0, 0.1) is 0 Å². The van der Waals surface area contributed by atoms with Crippen molar-refractivity contribution < 1.29 is 9.47 Å². The van der Waals surface area contributed by atoms with Crippen LogP contribution in [0.5, 0.6) is 0 Å². The maximum absolute atomic E-state index is 11.1. The van der Waals surface area contributed by atoms with Gasteiger partial charge in [0, 0.05) is 0 Å². The zero-order valence-corrected chi connectivity index (χ0v) is 7.89. The number of hydrogen-bond acceptors (Lipinski definition) is 1. The number of allylic oxidation sites excluding steroid dienone is 1. The van der Waals surface area contributed by atoms with Crippen LogP contribution in [0.4, 0.5) is 4.53 Å². The van der Waals surface area contributed by atoms with Crippen molar-refractivity contribution in [1.82, 2.24) is 0 Å². The molecule has 0 bridgehead atoms.